The first-order chi connectivity index (χ1) is 16.8. The number of sulfonamides is 1. The zero-order chi connectivity index (χ0) is 24.4. The van der Waals surface area contributed by atoms with Crippen molar-refractivity contribution in [1.29, 1.82) is 0 Å². The smallest absolute Gasteiger partial charge is 0.291 e. The van der Waals surface area contributed by atoms with Crippen LogP contribution in [0.4, 0.5) is 0 Å². The molecule has 1 aliphatic carbocycles. The molecule has 2 heterocycles. The van der Waals surface area contributed by atoms with Gasteiger partial charge in [0.25, 0.3) is 5.91 Å². The normalized spacial score (nSPS) is 17.4. The number of piperidine rings is 1. The molecule has 184 valence electrons. The molecule has 0 radical (unpaired) electrons. The van der Waals surface area contributed by atoms with E-state index in [-0.39, 0.29) is 22.7 Å². The summed E-state index contributed by atoms with van der Waals surface area (Å²) in [6.07, 6.45) is 5.01. The summed E-state index contributed by atoms with van der Waals surface area (Å²) in [5, 5.41) is 12.8. The second-order valence-corrected chi connectivity index (χ2v) is 11.0. The van der Waals surface area contributed by atoms with Crippen molar-refractivity contribution in [3.05, 3.63) is 71.8 Å². The molecular weight excluding hydrogens is 464 g/mol. The Kier molecular flexibility index (Phi) is 6.68. The molecule has 2 aliphatic rings. The number of rotatable bonds is 8. The van der Waals surface area contributed by atoms with Crippen LogP contribution in [0.3, 0.4) is 0 Å². The van der Waals surface area contributed by atoms with Gasteiger partial charge in [-0.2, -0.15) is 0 Å². The highest BCUT2D eigenvalue weighted by Crippen LogP contribution is 2.30. The minimum Gasteiger partial charge on any atom is -0.346 e. The Hall–Kier alpha value is -3.08. The lowest BCUT2D eigenvalue weighted by Crippen LogP contribution is -2.45. The fraction of sp³-hybridized carbons (Fsp3) is 0.400. The predicted molar refractivity (Wildman–Crippen MR) is 132 cm³/mol. The van der Waals surface area contributed by atoms with Crippen LogP contribution in [0, 0.1) is 5.92 Å². The Bertz CT molecular complexity index is 1280. The second kappa shape index (κ2) is 9.88. The van der Waals surface area contributed by atoms with E-state index in [1.807, 2.05) is 30.3 Å². The molecule has 10 heteroatoms. The van der Waals surface area contributed by atoms with Gasteiger partial charge in [-0.25, -0.2) is 23.2 Å². The van der Waals surface area contributed by atoms with Gasteiger partial charge in [-0.3, -0.25) is 4.79 Å². The van der Waals surface area contributed by atoms with Gasteiger partial charge in [0.2, 0.25) is 15.8 Å². The van der Waals surface area contributed by atoms with E-state index in [9.17, 15) is 13.2 Å². The summed E-state index contributed by atoms with van der Waals surface area (Å²) in [6, 6.07) is 16.0. The third kappa shape index (κ3) is 5.95. The molecule has 2 fully saturated rings. The minimum absolute atomic E-state index is 0.0111. The Labute approximate surface area is 205 Å². The minimum atomic E-state index is -3.81. The number of hydrogen-bond acceptors (Lipinski definition) is 6. The van der Waals surface area contributed by atoms with E-state index in [4.69, 9.17) is 5.14 Å². The van der Waals surface area contributed by atoms with Gasteiger partial charge in [-0.05, 0) is 61.4 Å². The average Bonchev–Trinajstić information content (AvgIpc) is 3.57. The van der Waals surface area contributed by atoms with Crippen LogP contribution in [0.5, 0.6) is 0 Å². The van der Waals surface area contributed by atoms with E-state index in [0.29, 0.717) is 17.9 Å². The maximum atomic E-state index is 13.1. The molecule has 5 rings (SSSR count). The molecule has 3 N–H and O–H groups in total. The quantitative estimate of drug-likeness (QED) is 0.494. The molecule has 1 saturated carbocycles. The number of nitrogens with two attached hydrogens (primary N) is 1. The zero-order valence-electron chi connectivity index (χ0n) is 19.5. The summed E-state index contributed by atoms with van der Waals surface area (Å²) in [6.45, 7) is 3.18. The van der Waals surface area contributed by atoms with Gasteiger partial charge in [0.1, 0.15) is 5.82 Å². The van der Waals surface area contributed by atoms with E-state index < -0.39 is 10.0 Å². The zero-order valence-corrected chi connectivity index (χ0v) is 20.3. The molecule has 1 amide bonds. The molecule has 0 spiro atoms. The number of carbonyl (C=O) groups is 1. The first kappa shape index (κ1) is 23.7. The van der Waals surface area contributed by atoms with Crippen molar-refractivity contribution in [3.8, 4) is 5.69 Å². The number of amides is 1. The van der Waals surface area contributed by atoms with Crippen LogP contribution in [0.2, 0.25) is 0 Å². The molecule has 1 aromatic heterocycles. The van der Waals surface area contributed by atoms with Gasteiger partial charge in [-0.1, -0.05) is 30.3 Å². The molecular formula is C25H30N6O3S. The fourth-order valence-electron chi connectivity index (χ4n) is 4.49. The van der Waals surface area contributed by atoms with Crippen molar-refractivity contribution < 1.29 is 13.2 Å². The first-order valence-electron chi connectivity index (χ1n) is 12.0. The summed E-state index contributed by atoms with van der Waals surface area (Å²) in [5.41, 5.74) is 1.63. The number of primary sulfonamides is 1. The number of aromatic nitrogens is 3. The average molecular weight is 495 g/mol. The van der Waals surface area contributed by atoms with Crippen molar-refractivity contribution in [2.75, 3.05) is 19.6 Å². The largest absolute Gasteiger partial charge is 0.346 e. The van der Waals surface area contributed by atoms with Crippen molar-refractivity contribution in [2.45, 2.75) is 43.0 Å². The number of benzene rings is 2. The maximum absolute atomic E-state index is 13.1. The highest BCUT2D eigenvalue weighted by Gasteiger charge is 2.28. The number of carbonyl (C=O) groups excluding carboxylic acids is 1. The summed E-state index contributed by atoms with van der Waals surface area (Å²) in [7, 11) is -3.81. The molecule has 0 bridgehead atoms. The molecule has 0 atom stereocenters. The number of nitrogens with zero attached hydrogens (tertiary/aromatic N) is 4. The van der Waals surface area contributed by atoms with E-state index in [2.05, 4.69) is 20.3 Å². The van der Waals surface area contributed by atoms with Crippen LogP contribution in [0.25, 0.3) is 5.69 Å². The monoisotopic (exact) mass is 494 g/mol. The molecule has 1 aliphatic heterocycles. The van der Waals surface area contributed by atoms with Gasteiger partial charge >= 0.3 is 0 Å². The second-order valence-electron chi connectivity index (χ2n) is 9.46. The summed E-state index contributed by atoms with van der Waals surface area (Å²) >= 11 is 0. The van der Waals surface area contributed by atoms with Crippen LogP contribution in [0.15, 0.2) is 59.5 Å². The Morgan fingerprint density at radius 2 is 1.69 bits per heavy atom. The SMILES string of the molecule is NS(=O)(=O)c1ccc(-n2nc(C(=O)NC3CCN(CC4CC4)CC3)nc2Cc2ccccc2)cc1. The van der Waals surface area contributed by atoms with E-state index in [1.165, 1.54) is 31.5 Å². The van der Waals surface area contributed by atoms with Gasteiger partial charge in [0.15, 0.2) is 0 Å². The number of likely N-dealkylation sites (tertiary alicyclic amines) is 1. The van der Waals surface area contributed by atoms with E-state index in [1.54, 1.807) is 16.8 Å². The predicted octanol–water partition coefficient (Wildman–Crippen LogP) is 2.11. The number of nitrogens with one attached hydrogen (secondary N) is 1. The Morgan fingerprint density at radius 1 is 1.00 bits per heavy atom. The van der Waals surface area contributed by atoms with Gasteiger partial charge in [0.05, 0.1) is 10.6 Å². The van der Waals surface area contributed by atoms with Crippen LogP contribution in [-0.4, -0.2) is 59.7 Å². The van der Waals surface area contributed by atoms with Gasteiger partial charge in [0, 0.05) is 32.1 Å². The lowest BCUT2D eigenvalue weighted by molar-refractivity contribution is 0.0899. The van der Waals surface area contributed by atoms with E-state index in [0.717, 1.165) is 37.4 Å². The van der Waals surface area contributed by atoms with Crippen LogP contribution in [0.1, 0.15) is 47.7 Å². The molecule has 9 nitrogen and oxygen atoms in total. The molecule has 35 heavy (non-hydrogen) atoms. The summed E-state index contributed by atoms with van der Waals surface area (Å²) in [4.78, 5) is 20.1. The van der Waals surface area contributed by atoms with Crippen LogP contribution in [-0.2, 0) is 16.4 Å². The van der Waals surface area contributed by atoms with Crippen LogP contribution >= 0.6 is 0 Å². The lowest BCUT2D eigenvalue weighted by atomic mass is 10.0. The Balaban J connectivity index is 1.34. The fourth-order valence-corrected chi connectivity index (χ4v) is 5.01. The van der Waals surface area contributed by atoms with Crippen molar-refractivity contribution in [3.63, 3.8) is 0 Å². The molecule has 3 aromatic rings. The van der Waals surface area contributed by atoms with Crippen LogP contribution < -0.4 is 10.5 Å². The third-order valence-electron chi connectivity index (χ3n) is 6.63. The highest BCUT2D eigenvalue weighted by atomic mass is 32.2. The number of hydrogen-bond donors (Lipinski definition) is 2. The standard InChI is InChI=1S/C25H30N6O3S/c26-35(33,34)22-10-8-21(9-11-22)31-23(16-18-4-2-1-3-5-18)28-24(29-31)25(32)27-20-12-14-30(15-13-20)17-19-6-7-19/h1-5,8-11,19-20H,6-7,12-17H2,(H,27,32)(H2,26,33,34). The van der Waals surface area contributed by atoms with Crippen molar-refractivity contribution in [2.24, 2.45) is 11.1 Å². The van der Waals surface area contributed by atoms with Crippen molar-refractivity contribution in [1.82, 2.24) is 25.0 Å². The topological polar surface area (TPSA) is 123 Å². The highest BCUT2D eigenvalue weighted by molar-refractivity contribution is 7.89. The summed E-state index contributed by atoms with van der Waals surface area (Å²) in [5.74, 6) is 1.27. The Morgan fingerprint density at radius 3 is 2.31 bits per heavy atom. The first-order valence-corrected chi connectivity index (χ1v) is 13.6. The third-order valence-corrected chi connectivity index (χ3v) is 7.56. The molecule has 0 unspecified atom stereocenters. The summed E-state index contributed by atoms with van der Waals surface area (Å²) < 4.78 is 24.9. The lowest BCUT2D eigenvalue weighted by Gasteiger charge is -2.32. The van der Waals surface area contributed by atoms with Gasteiger partial charge in [-0.15, -0.1) is 5.10 Å². The van der Waals surface area contributed by atoms with E-state index >= 15 is 0 Å². The maximum Gasteiger partial charge on any atom is 0.291 e. The molecule has 2 aromatic carbocycles. The van der Waals surface area contributed by atoms with Crippen molar-refractivity contribution >= 4 is 15.9 Å². The van der Waals surface area contributed by atoms with Gasteiger partial charge < -0.3 is 10.2 Å². The molecule has 1 saturated heterocycles.